The van der Waals surface area contributed by atoms with Gasteiger partial charge in [-0.05, 0) is 30.0 Å². The van der Waals surface area contributed by atoms with Crippen LogP contribution >= 0.6 is 0 Å². The van der Waals surface area contributed by atoms with Gasteiger partial charge in [0.25, 0.3) is 5.91 Å². The SMILES string of the molecule is CC(C)C1Oc2cc(/C=C/C(=O)N3CC=CCC3)cnc2NC1=O. The van der Waals surface area contributed by atoms with Crippen molar-refractivity contribution < 1.29 is 14.3 Å². The Balaban J connectivity index is 1.73. The molecule has 2 aliphatic rings. The van der Waals surface area contributed by atoms with Crippen molar-refractivity contribution in [1.29, 1.82) is 0 Å². The van der Waals surface area contributed by atoms with Gasteiger partial charge in [0.2, 0.25) is 5.91 Å². The third-order valence-corrected chi connectivity index (χ3v) is 4.02. The molecule has 0 saturated heterocycles. The summed E-state index contributed by atoms with van der Waals surface area (Å²) in [6, 6.07) is 1.79. The van der Waals surface area contributed by atoms with Crippen LogP contribution in [0.5, 0.6) is 5.75 Å². The Kier molecular flexibility index (Phi) is 4.64. The molecule has 0 radical (unpaired) electrons. The molecule has 6 nitrogen and oxygen atoms in total. The Morgan fingerprint density at radius 1 is 1.46 bits per heavy atom. The van der Waals surface area contributed by atoms with Gasteiger partial charge in [0.15, 0.2) is 17.7 Å². The maximum absolute atomic E-state index is 12.1. The normalized spacial score (nSPS) is 20.0. The summed E-state index contributed by atoms with van der Waals surface area (Å²) < 4.78 is 5.76. The number of pyridine rings is 1. The minimum atomic E-state index is -0.528. The molecular formula is C18H21N3O3. The Morgan fingerprint density at radius 2 is 2.29 bits per heavy atom. The van der Waals surface area contributed by atoms with Crippen LogP contribution in [-0.4, -0.2) is 40.9 Å². The molecule has 24 heavy (non-hydrogen) atoms. The van der Waals surface area contributed by atoms with E-state index in [9.17, 15) is 9.59 Å². The van der Waals surface area contributed by atoms with E-state index in [1.54, 1.807) is 29.3 Å². The summed E-state index contributed by atoms with van der Waals surface area (Å²) in [6.45, 7) is 5.25. The van der Waals surface area contributed by atoms with Crippen molar-refractivity contribution in [2.45, 2.75) is 26.4 Å². The number of hydrogen-bond acceptors (Lipinski definition) is 4. The van der Waals surface area contributed by atoms with Crippen molar-refractivity contribution in [3.05, 3.63) is 36.1 Å². The fraction of sp³-hybridized carbons (Fsp3) is 0.389. The van der Waals surface area contributed by atoms with Gasteiger partial charge in [-0.25, -0.2) is 4.98 Å². The molecule has 2 amide bonds. The van der Waals surface area contributed by atoms with Gasteiger partial charge in [-0.2, -0.15) is 0 Å². The van der Waals surface area contributed by atoms with Crippen LogP contribution in [0.15, 0.2) is 30.5 Å². The minimum Gasteiger partial charge on any atom is -0.476 e. The number of ether oxygens (including phenoxy) is 1. The molecule has 0 aliphatic carbocycles. The number of carbonyl (C=O) groups excluding carboxylic acids is 2. The summed E-state index contributed by atoms with van der Waals surface area (Å²) in [7, 11) is 0. The van der Waals surface area contributed by atoms with E-state index in [0.717, 1.165) is 18.5 Å². The summed E-state index contributed by atoms with van der Waals surface area (Å²) >= 11 is 0. The molecule has 1 unspecified atom stereocenters. The Bertz CT molecular complexity index is 709. The Hall–Kier alpha value is -2.63. The van der Waals surface area contributed by atoms with E-state index in [4.69, 9.17) is 4.74 Å². The predicted molar refractivity (Wildman–Crippen MR) is 91.5 cm³/mol. The van der Waals surface area contributed by atoms with Gasteiger partial charge in [0.1, 0.15) is 0 Å². The largest absolute Gasteiger partial charge is 0.476 e. The van der Waals surface area contributed by atoms with E-state index in [1.165, 1.54) is 0 Å². The molecule has 0 aromatic carbocycles. The minimum absolute atomic E-state index is 0.0219. The number of nitrogens with zero attached hydrogens (tertiary/aromatic N) is 2. The monoisotopic (exact) mass is 327 g/mol. The maximum Gasteiger partial charge on any atom is 0.266 e. The quantitative estimate of drug-likeness (QED) is 0.683. The van der Waals surface area contributed by atoms with Gasteiger partial charge in [0.05, 0.1) is 0 Å². The number of aromatic nitrogens is 1. The lowest BCUT2D eigenvalue weighted by Crippen LogP contribution is -2.40. The number of rotatable bonds is 3. The first-order chi connectivity index (χ1) is 11.5. The topological polar surface area (TPSA) is 71.5 Å². The van der Waals surface area contributed by atoms with E-state index in [1.807, 2.05) is 19.9 Å². The lowest BCUT2D eigenvalue weighted by atomic mass is 10.1. The second-order valence-corrected chi connectivity index (χ2v) is 6.26. The molecule has 2 aliphatic heterocycles. The smallest absolute Gasteiger partial charge is 0.266 e. The van der Waals surface area contributed by atoms with Crippen LogP contribution in [0.1, 0.15) is 25.8 Å². The lowest BCUT2D eigenvalue weighted by molar-refractivity contribution is -0.126. The van der Waals surface area contributed by atoms with Gasteiger partial charge >= 0.3 is 0 Å². The number of anilines is 1. The maximum atomic E-state index is 12.1. The van der Waals surface area contributed by atoms with Gasteiger partial charge in [-0.15, -0.1) is 0 Å². The molecular weight excluding hydrogens is 306 g/mol. The number of carbonyl (C=O) groups is 2. The van der Waals surface area contributed by atoms with Crippen molar-refractivity contribution >= 4 is 23.7 Å². The first kappa shape index (κ1) is 16.2. The van der Waals surface area contributed by atoms with Gasteiger partial charge in [-0.1, -0.05) is 26.0 Å². The molecule has 1 aromatic rings. The van der Waals surface area contributed by atoms with E-state index in [2.05, 4.69) is 16.4 Å². The van der Waals surface area contributed by atoms with Crippen molar-refractivity contribution in [2.75, 3.05) is 18.4 Å². The predicted octanol–water partition coefficient (Wildman–Crippen LogP) is 2.24. The highest BCUT2D eigenvalue weighted by molar-refractivity contribution is 5.97. The molecule has 1 N–H and O–H groups in total. The van der Waals surface area contributed by atoms with E-state index in [0.29, 0.717) is 18.1 Å². The first-order valence-electron chi connectivity index (χ1n) is 8.14. The third kappa shape index (κ3) is 3.48. The Labute approximate surface area is 141 Å². The summed E-state index contributed by atoms with van der Waals surface area (Å²) in [6.07, 6.45) is 9.32. The number of hydrogen-bond donors (Lipinski definition) is 1. The van der Waals surface area contributed by atoms with Crippen LogP contribution in [0.3, 0.4) is 0 Å². The van der Waals surface area contributed by atoms with E-state index < -0.39 is 6.10 Å². The zero-order valence-corrected chi connectivity index (χ0v) is 13.9. The molecule has 0 saturated carbocycles. The Morgan fingerprint density at radius 3 is 3.00 bits per heavy atom. The second kappa shape index (κ2) is 6.86. The number of fused-ring (bicyclic) bond motifs is 1. The number of amides is 2. The van der Waals surface area contributed by atoms with Crippen molar-refractivity contribution in [1.82, 2.24) is 9.88 Å². The summed E-state index contributed by atoms with van der Waals surface area (Å²) in [5, 5.41) is 2.75. The van der Waals surface area contributed by atoms with Crippen LogP contribution in [0, 0.1) is 5.92 Å². The highest BCUT2D eigenvalue weighted by Crippen LogP contribution is 2.30. The zero-order chi connectivity index (χ0) is 17.1. The highest BCUT2D eigenvalue weighted by atomic mass is 16.5. The lowest BCUT2D eigenvalue weighted by Gasteiger charge is -2.27. The highest BCUT2D eigenvalue weighted by Gasteiger charge is 2.30. The molecule has 1 atom stereocenters. The molecule has 0 bridgehead atoms. The molecule has 126 valence electrons. The first-order valence-corrected chi connectivity index (χ1v) is 8.14. The van der Waals surface area contributed by atoms with E-state index >= 15 is 0 Å². The van der Waals surface area contributed by atoms with E-state index in [-0.39, 0.29) is 17.7 Å². The van der Waals surface area contributed by atoms with Gasteiger partial charge in [-0.3, -0.25) is 9.59 Å². The standard InChI is InChI=1S/C18H21N3O3/c1-12(2)16-18(23)20-17-14(24-16)10-13(11-19-17)6-7-15(22)21-8-4-3-5-9-21/h3-4,6-7,10-12,16H,5,8-9H2,1-2H3,(H,19,20,23)/b7-6+. The van der Waals surface area contributed by atoms with Crippen molar-refractivity contribution in [2.24, 2.45) is 5.92 Å². The van der Waals surface area contributed by atoms with Crippen LogP contribution in [0.2, 0.25) is 0 Å². The molecule has 3 heterocycles. The van der Waals surface area contributed by atoms with Crippen molar-refractivity contribution in [3.63, 3.8) is 0 Å². The van der Waals surface area contributed by atoms with Crippen LogP contribution in [0.25, 0.3) is 6.08 Å². The zero-order valence-electron chi connectivity index (χ0n) is 13.9. The number of nitrogens with one attached hydrogen (secondary N) is 1. The summed E-state index contributed by atoms with van der Waals surface area (Å²) in [5.74, 6) is 0.810. The molecule has 0 spiro atoms. The third-order valence-electron chi connectivity index (χ3n) is 4.02. The fourth-order valence-electron chi connectivity index (χ4n) is 2.67. The average Bonchev–Trinajstić information content (AvgIpc) is 2.59. The van der Waals surface area contributed by atoms with Crippen LogP contribution in [0.4, 0.5) is 5.82 Å². The molecule has 0 fully saturated rings. The van der Waals surface area contributed by atoms with Crippen molar-refractivity contribution in [3.8, 4) is 5.75 Å². The molecule has 6 heteroatoms. The van der Waals surface area contributed by atoms with Crippen LogP contribution in [-0.2, 0) is 9.59 Å². The fourth-order valence-corrected chi connectivity index (χ4v) is 2.67. The summed E-state index contributed by atoms with van der Waals surface area (Å²) in [4.78, 5) is 30.1. The van der Waals surface area contributed by atoms with Crippen LogP contribution < -0.4 is 10.1 Å². The average molecular weight is 327 g/mol. The summed E-state index contributed by atoms with van der Waals surface area (Å²) in [5.41, 5.74) is 0.758. The second-order valence-electron chi connectivity index (χ2n) is 6.26. The molecule has 1 aromatic heterocycles. The molecule has 3 rings (SSSR count). The van der Waals surface area contributed by atoms with Gasteiger partial charge < -0.3 is 15.0 Å². The van der Waals surface area contributed by atoms with Gasteiger partial charge in [0, 0.05) is 25.4 Å².